The fourth-order valence-electron chi connectivity index (χ4n) is 3.16. The molecule has 3 heterocycles. The molecule has 0 N–H and O–H groups in total. The maximum absolute atomic E-state index is 5.48. The van der Waals surface area contributed by atoms with Crippen LogP contribution in [0, 0.1) is 0 Å². The van der Waals surface area contributed by atoms with Crippen LogP contribution in [0.5, 0.6) is 0 Å². The van der Waals surface area contributed by atoms with Crippen LogP contribution in [-0.2, 0) is 17.6 Å². The molecule has 1 fully saturated rings. The Kier molecular flexibility index (Phi) is 3.77. The van der Waals surface area contributed by atoms with Crippen molar-refractivity contribution in [1.82, 2.24) is 9.97 Å². The highest BCUT2D eigenvalue weighted by molar-refractivity contribution is 7.98. The second-order valence-electron chi connectivity index (χ2n) is 5.52. The van der Waals surface area contributed by atoms with Crippen LogP contribution in [-0.4, -0.2) is 42.5 Å². The minimum atomic E-state index is 0.797. The van der Waals surface area contributed by atoms with E-state index in [9.17, 15) is 0 Å². The average molecular weight is 321 g/mol. The van der Waals surface area contributed by atoms with Crippen molar-refractivity contribution >= 4 is 39.1 Å². The van der Waals surface area contributed by atoms with Gasteiger partial charge in [0.2, 0.25) is 0 Å². The third-order valence-corrected chi connectivity index (χ3v) is 6.07. The first kappa shape index (κ1) is 13.8. The third kappa shape index (κ3) is 2.43. The van der Waals surface area contributed by atoms with Gasteiger partial charge in [0.1, 0.15) is 0 Å². The number of aromatic nitrogens is 2. The molecular weight excluding hydrogens is 302 g/mol. The first-order chi connectivity index (χ1) is 10.4. The van der Waals surface area contributed by atoms with E-state index in [1.807, 2.05) is 11.3 Å². The van der Waals surface area contributed by atoms with Gasteiger partial charge in [0.15, 0.2) is 11.0 Å². The van der Waals surface area contributed by atoms with Crippen molar-refractivity contribution in [3.05, 3.63) is 10.4 Å². The summed E-state index contributed by atoms with van der Waals surface area (Å²) < 4.78 is 6.78. The van der Waals surface area contributed by atoms with Crippen LogP contribution in [0.25, 0.3) is 10.2 Å². The maximum atomic E-state index is 5.48. The Morgan fingerprint density at radius 1 is 1.14 bits per heavy atom. The average Bonchev–Trinajstić information content (AvgIpc) is 2.93. The molecular formula is C15H19N3OS2. The molecule has 2 aliphatic rings. The summed E-state index contributed by atoms with van der Waals surface area (Å²) in [7, 11) is 0. The summed E-state index contributed by atoms with van der Waals surface area (Å²) in [6, 6.07) is 0. The van der Waals surface area contributed by atoms with Crippen molar-refractivity contribution < 1.29 is 4.74 Å². The molecule has 0 bridgehead atoms. The molecule has 0 unspecified atom stereocenters. The lowest BCUT2D eigenvalue weighted by molar-refractivity contribution is 0.122. The van der Waals surface area contributed by atoms with E-state index in [2.05, 4.69) is 11.2 Å². The van der Waals surface area contributed by atoms with Gasteiger partial charge in [-0.25, -0.2) is 9.97 Å². The zero-order chi connectivity index (χ0) is 14.2. The van der Waals surface area contributed by atoms with E-state index >= 15 is 0 Å². The van der Waals surface area contributed by atoms with Crippen LogP contribution in [0.4, 0.5) is 5.82 Å². The molecule has 2 aromatic rings. The van der Waals surface area contributed by atoms with Crippen LogP contribution in [0.15, 0.2) is 5.16 Å². The quantitative estimate of drug-likeness (QED) is 0.627. The summed E-state index contributed by atoms with van der Waals surface area (Å²) in [5.41, 5.74) is 2.71. The van der Waals surface area contributed by atoms with Crippen LogP contribution in [0.2, 0.25) is 0 Å². The van der Waals surface area contributed by atoms with Gasteiger partial charge in [-0.3, -0.25) is 0 Å². The predicted octanol–water partition coefficient (Wildman–Crippen LogP) is 3.13. The van der Waals surface area contributed by atoms with Crippen LogP contribution in [0.1, 0.15) is 23.3 Å². The Morgan fingerprint density at radius 3 is 2.76 bits per heavy atom. The second kappa shape index (κ2) is 5.74. The number of hydrogen-bond donors (Lipinski definition) is 0. The molecule has 1 saturated heterocycles. The molecule has 0 atom stereocenters. The molecule has 0 radical (unpaired) electrons. The molecule has 0 saturated carbocycles. The van der Waals surface area contributed by atoms with Crippen molar-refractivity contribution in [1.29, 1.82) is 0 Å². The number of thioether (sulfide) groups is 1. The Bertz CT molecular complexity index is 664. The topological polar surface area (TPSA) is 38.2 Å². The Labute approximate surface area is 132 Å². The number of thiophene rings is 1. The molecule has 0 spiro atoms. The summed E-state index contributed by atoms with van der Waals surface area (Å²) in [5.74, 6) is 1.13. The van der Waals surface area contributed by atoms with Gasteiger partial charge < -0.3 is 9.64 Å². The van der Waals surface area contributed by atoms with Crippen molar-refractivity contribution in [3.63, 3.8) is 0 Å². The lowest BCUT2D eigenvalue weighted by atomic mass is 9.98. The smallest absolute Gasteiger partial charge is 0.189 e. The number of fused-ring (bicyclic) bond motifs is 3. The summed E-state index contributed by atoms with van der Waals surface area (Å²) in [6.07, 6.45) is 7.07. The highest BCUT2D eigenvalue weighted by Gasteiger charge is 2.24. The van der Waals surface area contributed by atoms with E-state index in [1.165, 1.54) is 41.5 Å². The maximum Gasteiger partial charge on any atom is 0.189 e. The number of anilines is 1. The lowest BCUT2D eigenvalue weighted by Gasteiger charge is -2.28. The van der Waals surface area contributed by atoms with Gasteiger partial charge in [0, 0.05) is 18.0 Å². The van der Waals surface area contributed by atoms with Gasteiger partial charge in [0.25, 0.3) is 0 Å². The summed E-state index contributed by atoms with van der Waals surface area (Å²) in [6.45, 7) is 3.46. The van der Waals surface area contributed by atoms with E-state index in [0.717, 1.165) is 37.3 Å². The number of nitrogens with zero attached hydrogens (tertiary/aromatic N) is 3. The van der Waals surface area contributed by atoms with E-state index in [0.29, 0.717) is 0 Å². The zero-order valence-corrected chi connectivity index (χ0v) is 13.9. The van der Waals surface area contributed by atoms with Crippen molar-refractivity contribution in [2.24, 2.45) is 0 Å². The van der Waals surface area contributed by atoms with E-state index in [1.54, 1.807) is 16.6 Å². The molecule has 1 aliphatic carbocycles. The van der Waals surface area contributed by atoms with Gasteiger partial charge in [0.05, 0.1) is 23.4 Å². The molecule has 2 aromatic heterocycles. The highest BCUT2D eigenvalue weighted by Crippen LogP contribution is 2.40. The van der Waals surface area contributed by atoms with Gasteiger partial charge in [-0.2, -0.15) is 0 Å². The first-order valence-corrected chi connectivity index (χ1v) is 9.60. The summed E-state index contributed by atoms with van der Waals surface area (Å²) in [5, 5.41) is 0.898. The van der Waals surface area contributed by atoms with Crippen LogP contribution < -0.4 is 4.90 Å². The van der Waals surface area contributed by atoms with Gasteiger partial charge >= 0.3 is 0 Å². The van der Waals surface area contributed by atoms with Gasteiger partial charge in [-0.15, -0.1) is 11.3 Å². The summed E-state index contributed by atoms with van der Waals surface area (Å²) in [4.78, 5) is 13.6. The Morgan fingerprint density at radius 2 is 1.95 bits per heavy atom. The predicted molar refractivity (Wildman–Crippen MR) is 88.9 cm³/mol. The molecule has 4 rings (SSSR count). The second-order valence-corrected chi connectivity index (χ2v) is 7.40. The summed E-state index contributed by atoms with van der Waals surface area (Å²) >= 11 is 3.56. The van der Waals surface area contributed by atoms with E-state index in [-0.39, 0.29) is 0 Å². The molecule has 4 nitrogen and oxygen atoms in total. The Hall–Kier alpha value is -0.850. The standard InChI is InChI=1S/C15H19N3OS2/c1-20-15-16-12-10-4-2-3-5-11(10)21-13(12)14(17-15)18-6-8-19-9-7-18/h2-9H2,1H3. The Balaban J connectivity index is 1.89. The molecule has 0 aromatic carbocycles. The SMILES string of the molecule is CSc1nc(N2CCOCC2)c2sc3c(c2n1)CCCC3. The molecule has 112 valence electrons. The third-order valence-electron chi connectivity index (χ3n) is 4.25. The minimum absolute atomic E-state index is 0.797. The minimum Gasteiger partial charge on any atom is -0.378 e. The normalized spacial score (nSPS) is 19.0. The van der Waals surface area contributed by atoms with Crippen LogP contribution >= 0.6 is 23.1 Å². The fraction of sp³-hybridized carbons (Fsp3) is 0.600. The van der Waals surface area contributed by atoms with E-state index in [4.69, 9.17) is 14.7 Å². The molecule has 21 heavy (non-hydrogen) atoms. The van der Waals surface area contributed by atoms with Crippen molar-refractivity contribution in [2.75, 3.05) is 37.5 Å². The highest BCUT2D eigenvalue weighted by atomic mass is 32.2. The zero-order valence-electron chi connectivity index (χ0n) is 12.2. The van der Waals surface area contributed by atoms with Gasteiger partial charge in [-0.1, -0.05) is 11.8 Å². The number of hydrogen-bond acceptors (Lipinski definition) is 6. The molecule has 6 heteroatoms. The first-order valence-electron chi connectivity index (χ1n) is 7.56. The monoisotopic (exact) mass is 321 g/mol. The molecule has 1 aliphatic heterocycles. The van der Waals surface area contributed by atoms with Crippen molar-refractivity contribution in [2.45, 2.75) is 30.8 Å². The van der Waals surface area contributed by atoms with Crippen molar-refractivity contribution in [3.8, 4) is 0 Å². The number of ether oxygens (including phenoxy) is 1. The van der Waals surface area contributed by atoms with E-state index < -0.39 is 0 Å². The fourth-order valence-corrected chi connectivity index (χ4v) is 4.87. The number of rotatable bonds is 2. The lowest BCUT2D eigenvalue weighted by Crippen LogP contribution is -2.36. The largest absolute Gasteiger partial charge is 0.378 e. The van der Waals surface area contributed by atoms with Gasteiger partial charge in [-0.05, 0) is 37.5 Å². The molecule has 0 amide bonds. The number of aryl methyl sites for hydroxylation is 2. The number of morpholine rings is 1. The van der Waals surface area contributed by atoms with Crippen LogP contribution in [0.3, 0.4) is 0 Å².